The van der Waals surface area contributed by atoms with Gasteiger partial charge in [0.1, 0.15) is 9.90 Å². The van der Waals surface area contributed by atoms with Crippen LogP contribution in [0.5, 0.6) is 0 Å². The van der Waals surface area contributed by atoms with Crippen molar-refractivity contribution < 1.29 is 8.42 Å². The molecule has 19 heavy (non-hydrogen) atoms. The maximum absolute atomic E-state index is 12.1. The van der Waals surface area contributed by atoms with Gasteiger partial charge in [0.2, 0.25) is 0 Å². The lowest BCUT2D eigenvalue weighted by Crippen LogP contribution is -2.10. The van der Waals surface area contributed by atoms with Gasteiger partial charge in [-0.25, -0.2) is 13.4 Å². The molecule has 0 unspecified atom stereocenters. The molecule has 2 aromatic heterocycles. The van der Waals surface area contributed by atoms with E-state index in [9.17, 15) is 8.42 Å². The number of anilines is 2. The van der Waals surface area contributed by atoms with Crippen LogP contribution >= 0.6 is 11.5 Å². The van der Waals surface area contributed by atoms with E-state index < -0.39 is 9.84 Å². The summed E-state index contributed by atoms with van der Waals surface area (Å²) in [6.07, 6.45) is 3.77. The summed E-state index contributed by atoms with van der Waals surface area (Å²) in [4.78, 5) is 6.93. The molecule has 0 aliphatic heterocycles. The van der Waals surface area contributed by atoms with Crippen LogP contribution in [-0.4, -0.2) is 28.5 Å². The molecule has 0 aliphatic rings. The zero-order valence-electron chi connectivity index (χ0n) is 10.4. The highest BCUT2D eigenvalue weighted by Crippen LogP contribution is 2.32. The van der Waals surface area contributed by atoms with E-state index in [0.717, 1.165) is 17.2 Å². The summed E-state index contributed by atoms with van der Waals surface area (Å²) in [6, 6.07) is 0. The van der Waals surface area contributed by atoms with Crippen LogP contribution in [0.25, 0.3) is 0 Å². The summed E-state index contributed by atoms with van der Waals surface area (Å²) in [5, 5.41) is 3.50. The van der Waals surface area contributed by atoms with Crippen molar-refractivity contribution >= 4 is 32.2 Å². The molecule has 0 saturated heterocycles. The van der Waals surface area contributed by atoms with Crippen LogP contribution in [0.3, 0.4) is 0 Å². The van der Waals surface area contributed by atoms with Gasteiger partial charge in [0, 0.05) is 6.20 Å². The minimum Gasteiger partial charge on any atom is -0.382 e. The molecule has 2 aromatic rings. The lowest BCUT2D eigenvalue weighted by atomic mass is 10.4. The molecule has 0 aromatic carbocycles. The van der Waals surface area contributed by atoms with Crippen LogP contribution < -0.4 is 11.1 Å². The van der Waals surface area contributed by atoms with Crippen LogP contribution in [0.15, 0.2) is 17.4 Å². The average Bonchev–Trinajstić information content (AvgIpc) is 2.95. The first kappa shape index (κ1) is 13.8. The first-order chi connectivity index (χ1) is 9.04. The maximum atomic E-state index is 12.1. The van der Waals surface area contributed by atoms with Gasteiger partial charge in [-0.2, -0.15) is 4.37 Å². The number of nitrogen functional groups attached to an aromatic ring is 1. The molecule has 104 valence electrons. The molecule has 0 aliphatic carbocycles. The van der Waals surface area contributed by atoms with Crippen LogP contribution in [0.2, 0.25) is 0 Å². The van der Waals surface area contributed by atoms with E-state index in [1.165, 1.54) is 0 Å². The molecule has 0 amide bonds. The Morgan fingerprint density at radius 3 is 2.95 bits per heavy atom. The number of rotatable bonds is 6. The standard InChI is InChI=1S/C10H15N5O2S2/c1-2-3-19(16,17)8-9(11)15-18-10(8)13-5-7-4-12-6-14-7/h4,6,13H,2-3,5H2,1H3,(H2,11,15)(H,12,14). The third-order valence-corrected chi connectivity index (χ3v) is 5.38. The van der Waals surface area contributed by atoms with Crippen molar-refractivity contribution in [2.24, 2.45) is 0 Å². The van der Waals surface area contributed by atoms with Gasteiger partial charge in [0.25, 0.3) is 0 Å². The second-order valence-corrected chi connectivity index (χ2v) is 6.79. The Kier molecular flexibility index (Phi) is 4.05. The topological polar surface area (TPSA) is 114 Å². The molecular weight excluding hydrogens is 286 g/mol. The zero-order chi connectivity index (χ0) is 13.9. The molecule has 0 saturated carbocycles. The van der Waals surface area contributed by atoms with Crippen molar-refractivity contribution in [1.82, 2.24) is 14.3 Å². The van der Waals surface area contributed by atoms with Crippen LogP contribution in [-0.2, 0) is 16.4 Å². The first-order valence-corrected chi connectivity index (χ1v) is 8.16. The molecular formula is C10H15N5O2S2. The Bertz CT molecular complexity index is 633. The van der Waals surface area contributed by atoms with Crippen LogP contribution in [0.4, 0.5) is 10.8 Å². The average molecular weight is 301 g/mol. The van der Waals surface area contributed by atoms with Gasteiger partial charge in [-0.05, 0) is 18.0 Å². The van der Waals surface area contributed by atoms with E-state index in [1.54, 1.807) is 12.5 Å². The van der Waals surface area contributed by atoms with E-state index in [1.807, 2.05) is 6.92 Å². The summed E-state index contributed by atoms with van der Waals surface area (Å²) in [5.41, 5.74) is 6.52. The normalized spacial score (nSPS) is 11.6. The Morgan fingerprint density at radius 1 is 1.53 bits per heavy atom. The molecule has 0 radical (unpaired) electrons. The maximum Gasteiger partial charge on any atom is 0.185 e. The smallest absolute Gasteiger partial charge is 0.185 e. The molecule has 0 spiro atoms. The SMILES string of the molecule is CCCS(=O)(=O)c1c(N)nsc1NCc1cnc[nH]1. The quantitative estimate of drug-likeness (QED) is 0.739. The van der Waals surface area contributed by atoms with Crippen molar-refractivity contribution in [2.45, 2.75) is 24.8 Å². The molecule has 7 nitrogen and oxygen atoms in total. The number of aromatic nitrogens is 3. The highest BCUT2D eigenvalue weighted by molar-refractivity contribution is 7.91. The molecule has 4 N–H and O–H groups in total. The van der Waals surface area contributed by atoms with Gasteiger partial charge < -0.3 is 16.0 Å². The number of nitrogens with zero attached hydrogens (tertiary/aromatic N) is 2. The molecule has 2 heterocycles. The number of imidazole rings is 1. The molecule has 0 atom stereocenters. The number of H-pyrrole nitrogens is 1. The Morgan fingerprint density at radius 2 is 2.32 bits per heavy atom. The van der Waals surface area contributed by atoms with Gasteiger partial charge in [-0.15, -0.1) is 0 Å². The van der Waals surface area contributed by atoms with Gasteiger partial charge >= 0.3 is 0 Å². The summed E-state index contributed by atoms with van der Waals surface area (Å²) in [5.74, 6) is 0.125. The number of nitrogens with two attached hydrogens (primary N) is 1. The number of hydrogen-bond acceptors (Lipinski definition) is 7. The van der Waals surface area contributed by atoms with Gasteiger partial charge in [-0.3, -0.25) is 0 Å². The van der Waals surface area contributed by atoms with Crippen molar-refractivity contribution in [3.63, 3.8) is 0 Å². The highest BCUT2D eigenvalue weighted by Gasteiger charge is 2.24. The number of aromatic amines is 1. The van der Waals surface area contributed by atoms with Crippen LogP contribution in [0, 0.1) is 0 Å². The third kappa shape index (κ3) is 3.04. The summed E-state index contributed by atoms with van der Waals surface area (Å²) in [7, 11) is -3.38. The molecule has 9 heteroatoms. The van der Waals surface area contributed by atoms with Gasteiger partial charge in [-0.1, -0.05) is 6.92 Å². The summed E-state index contributed by atoms with van der Waals surface area (Å²) < 4.78 is 28.2. The fourth-order valence-corrected chi connectivity index (χ4v) is 4.25. The van der Waals surface area contributed by atoms with Gasteiger partial charge in [0.05, 0.1) is 24.3 Å². The monoisotopic (exact) mass is 301 g/mol. The number of sulfone groups is 1. The second kappa shape index (κ2) is 5.57. The lowest BCUT2D eigenvalue weighted by molar-refractivity contribution is 0.595. The van der Waals surface area contributed by atoms with E-state index >= 15 is 0 Å². The third-order valence-electron chi connectivity index (χ3n) is 2.45. The van der Waals surface area contributed by atoms with Crippen molar-refractivity contribution in [3.8, 4) is 0 Å². The van der Waals surface area contributed by atoms with Crippen molar-refractivity contribution in [2.75, 3.05) is 16.8 Å². The van der Waals surface area contributed by atoms with Crippen LogP contribution in [0.1, 0.15) is 19.0 Å². The van der Waals surface area contributed by atoms with E-state index in [-0.39, 0.29) is 16.5 Å². The zero-order valence-corrected chi connectivity index (χ0v) is 12.0. The Labute approximate surface area is 115 Å². The minimum atomic E-state index is -3.38. The van der Waals surface area contributed by atoms with Crippen molar-refractivity contribution in [3.05, 3.63) is 18.2 Å². The van der Waals surface area contributed by atoms with Gasteiger partial charge in [0.15, 0.2) is 15.7 Å². The van der Waals surface area contributed by atoms with E-state index in [4.69, 9.17) is 5.73 Å². The highest BCUT2D eigenvalue weighted by atomic mass is 32.2. The van der Waals surface area contributed by atoms with E-state index in [2.05, 4.69) is 19.7 Å². The first-order valence-electron chi connectivity index (χ1n) is 5.73. The number of hydrogen-bond donors (Lipinski definition) is 3. The summed E-state index contributed by atoms with van der Waals surface area (Å²) in [6.45, 7) is 2.25. The largest absolute Gasteiger partial charge is 0.382 e. The second-order valence-electron chi connectivity index (χ2n) is 3.98. The molecule has 0 fully saturated rings. The Hall–Kier alpha value is -1.61. The predicted molar refractivity (Wildman–Crippen MR) is 74.8 cm³/mol. The summed E-state index contributed by atoms with van der Waals surface area (Å²) >= 11 is 1.05. The predicted octanol–water partition coefficient (Wildman–Crippen LogP) is 1.24. The number of nitrogens with one attached hydrogen (secondary N) is 2. The Balaban J connectivity index is 2.22. The lowest BCUT2D eigenvalue weighted by Gasteiger charge is -2.06. The fourth-order valence-electron chi connectivity index (χ4n) is 1.63. The van der Waals surface area contributed by atoms with E-state index in [0.29, 0.717) is 18.0 Å². The minimum absolute atomic E-state index is 0.0607. The fraction of sp³-hybridized carbons (Fsp3) is 0.400. The van der Waals surface area contributed by atoms with Crippen molar-refractivity contribution in [1.29, 1.82) is 0 Å². The molecule has 0 bridgehead atoms. The molecule has 2 rings (SSSR count).